The van der Waals surface area contributed by atoms with Crippen LogP contribution in [0.3, 0.4) is 0 Å². The molecule has 2 N–H and O–H groups in total. The molecular formula is C14H17OP. The van der Waals surface area contributed by atoms with Gasteiger partial charge in [-0.2, -0.15) is 0 Å². The Labute approximate surface area is 98.2 Å². The molecule has 0 saturated heterocycles. The third kappa shape index (κ3) is 2.91. The molecule has 0 fully saturated rings. The van der Waals surface area contributed by atoms with Gasteiger partial charge in [-0.05, 0) is 24.7 Å². The van der Waals surface area contributed by atoms with Gasteiger partial charge in [0, 0.05) is 0 Å². The highest BCUT2D eigenvalue weighted by Crippen LogP contribution is 2.32. The van der Waals surface area contributed by atoms with Crippen LogP contribution >= 0.6 is 7.92 Å². The Morgan fingerprint density at radius 1 is 0.750 bits per heavy atom. The van der Waals surface area contributed by atoms with Crippen molar-refractivity contribution in [2.24, 2.45) is 0 Å². The van der Waals surface area contributed by atoms with Gasteiger partial charge in [-0.1, -0.05) is 67.6 Å². The first-order chi connectivity index (χ1) is 7.42. The third-order valence-corrected chi connectivity index (χ3v) is 4.93. The molecule has 0 aliphatic heterocycles. The molecule has 0 bridgehead atoms. The highest BCUT2D eigenvalue weighted by atomic mass is 31.1. The van der Waals surface area contributed by atoms with Crippen molar-refractivity contribution >= 4 is 18.5 Å². The normalized spacial score (nSPS) is 9.88. The topological polar surface area (TPSA) is 31.5 Å². The van der Waals surface area contributed by atoms with Gasteiger partial charge in [-0.3, -0.25) is 0 Å². The lowest BCUT2D eigenvalue weighted by molar-refractivity contribution is 0.824. The second kappa shape index (κ2) is 6.42. The Morgan fingerprint density at radius 2 is 1.12 bits per heavy atom. The molecule has 0 amide bonds. The van der Waals surface area contributed by atoms with Gasteiger partial charge in [-0.25, -0.2) is 0 Å². The minimum absolute atomic E-state index is 0. The number of benzene rings is 2. The molecule has 2 rings (SSSR count). The Balaban J connectivity index is 0.00000128. The molecule has 0 aliphatic rings. The lowest BCUT2D eigenvalue weighted by Crippen LogP contribution is -2.12. The number of rotatable bonds is 3. The molecule has 0 radical (unpaired) electrons. The predicted octanol–water partition coefficient (Wildman–Crippen LogP) is 2.31. The highest BCUT2D eigenvalue weighted by molar-refractivity contribution is 7.72. The maximum Gasteiger partial charge on any atom is -0.0195 e. The molecule has 84 valence electrons. The molecule has 0 aromatic heterocycles. The zero-order valence-electron chi connectivity index (χ0n) is 9.43. The van der Waals surface area contributed by atoms with E-state index in [-0.39, 0.29) is 13.4 Å². The van der Waals surface area contributed by atoms with Crippen LogP contribution in [0.4, 0.5) is 0 Å². The zero-order chi connectivity index (χ0) is 10.5. The minimum Gasteiger partial charge on any atom is -0.412 e. The SMILES string of the molecule is CCP(c1ccccc1)c1ccccc1.O. The van der Waals surface area contributed by atoms with Crippen molar-refractivity contribution < 1.29 is 5.48 Å². The average Bonchev–Trinajstić information content (AvgIpc) is 2.33. The maximum absolute atomic E-state index is 2.27. The van der Waals surface area contributed by atoms with E-state index in [1.54, 1.807) is 0 Å². The molecule has 0 atom stereocenters. The summed E-state index contributed by atoms with van der Waals surface area (Å²) in [5, 5.41) is 2.95. The van der Waals surface area contributed by atoms with E-state index >= 15 is 0 Å². The van der Waals surface area contributed by atoms with E-state index in [0.29, 0.717) is 0 Å². The Bertz CT molecular complexity index is 360. The standard InChI is InChI=1S/C14H15P.H2O/c1-2-15(13-9-5-3-6-10-13)14-11-7-4-8-12-14;/h3-12H,2H2,1H3;1H2. The second-order valence-corrected chi connectivity index (χ2v) is 5.94. The number of hydrogen-bond acceptors (Lipinski definition) is 0. The Kier molecular flexibility index (Phi) is 5.18. The maximum atomic E-state index is 2.27. The van der Waals surface area contributed by atoms with Gasteiger partial charge in [-0.15, -0.1) is 0 Å². The summed E-state index contributed by atoms with van der Waals surface area (Å²) in [5.74, 6) is 0. The monoisotopic (exact) mass is 232 g/mol. The first-order valence-electron chi connectivity index (χ1n) is 5.29. The summed E-state index contributed by atoms with van der Waals surface area (Å²) in [6.07, 6.45) is 1.21. The van der Waals surface area contributed by atoms with Crippen LogP contribution in [0.25, 0.3) is 0 Å². The fourth-order valence-electron chi connectivity index (χ4n) is 1.73. The average molecular weight is 232 g/mol. The lowest BCUT2D eigenvalue weighted by Gasteiger charge is -2.16. The van der Waals surface area contributed by atoms with Crippen molar-refractivity contribution in [3.63, 3.8) is 0 Å². The van der Waals surface area contributed by atoms with Crippen LogP contribution in [0.15, 0.2) is 60.7 Å². The molecule has 0 spiro atoms. The van der Waals surface area contributed by atoms with Crippen LogP contribution in [-0.4, -0.2) is 11.6 Å². The quantitative estimate of drug-likeness (QED) is 0.727. The summed E-state index contributed by atoms with van der Waals surface area (Å²) >= 11 is 0. The van der Waals surface area contributed by atoms with Gasteiger partial charge >= 0.3 is 0 Å². The summed E-state index contributed by atoms with van der Waals surface area (Å²) in [5.41, 5.74) is 0. The zero-order valence-corrected chi connectivity index (χ0v) is 10.3. The first kappa shape index (κ1) is 12.9. The van der Waals surface area contributed by atoms with Crippen molar-refractivity contribution in [2.45, 2.75) is 6.92 Å². The largest absolute Gasteiger partial charge is 0.412 e. The molecule has 2 aromatic rings. The van der Waals surface area contributed by atoms with E-state index < -0.39 is 0 Å². The van der Waals surface area contributed by atoms with Crippen molar-refractivity contribution in [3.05, 3.63) is 60.7 Å². The minimum atomic E-state index is -0.149. The molecule has 2 aromatic carbocycles. The van der Waals surface area contributed by atoms with E-state index in [2.05, 4.69) is 67.6 Å². The summed E-state index contributed by atoms with van der Waals surface area (Å²) in [7, 11) is -0.149. The van der Waals surface area contributed by atoms with Gasteiger partial charge in [0.1, 0.15) is 0 Å². The fourth-order valence-corrected chi connectivity index (χ4v) is 3.82. The van der Waals surface area contributed by atoms with E-state index in [9.17, 15) is 0 Å². The van der Waals surface area contributed by atoms with Crippen molar-refractivity contribution in [1.82, 2.24) is 0 Å². The molecule has 1 nitrogen and oxygen atoms in total. The van der Waals surface area contributed by atoms with Gasteiger partial charge in [0.2, 0.25) is 0 Å². The molecule has 2 heteroatoms. The van der Waals surface area contributed by atoms with Gasteiger partial charge in [0.15, 0.2) is 0 Å². The molecule has 0 heterocycles. The van der Waals surface area contributed by atoms with E-state index in [1.807, 2.05) is 0 Å². The van der Waals surface area contributed by atoms with E-state index in [0.717, 1.165) is 0 Å². The van der Waals surface area contributed by atoms with Crippen LogP contribution in [0.1, 0.15) is 6.92 Å². The van der Waals surface area contributed by atoms with Crippen molar-refractivity contribution in [1.29, 1.82) is 0 Å². The van der Waals surface area contributed by atoms with Crippen LogP contribution in [-0.2, 0) is 0 Å². The van der Waals surface area contributed by atoms with Crippen LogP contribution < -0.4 is 10.6 Å². The molecule has 0 aliphatic carbocycles. The van der Waals surface area contributed by atoms with Gasteiger partial charge < -0.3 is 5.48 Å². The van der Waals surface area contributed by atoms with E-state index in [4.69, 9.17) is 0 Å². The fraction of sp³-hybridized carbons (Fsp3) is 0.143. The van der Waals surface area contributed by atoms with Crippen LogP contribution in [0, 0.1) is 0 Å². The highest BCUT2D eigenvalue weighted by Gasteiger charge is 2.09. The Morgan fingerprint density at radius 3 is 1.44 bits per heavy atom. The molecule has 0 saturated carbocycles. The summed E-state index contributed by atoms with van der Waals surface area (Å²) < 4.78 is 0. The summed E-state index contributed by atoms with van der Waals surface area (Å²) in [6, 6.07) is 21.6. The Hall–Kier alpha value is -1.17. The number of hydrogen-bond donors (Lipinski definition) is 0. The first-order valence-corrected chi connectivity index (χ1v) is 6.82. The summed E-state index contributed by atoms with van der Waals surface area (Å²) in [4.78, 5) is 0. The second-order valence-electron chi connectivity index (χ2n) is 3.42. The smallest absolute Gasteiger partial charge is 0.0195 e. The summed E-state index contributed by atoms with van der Waals surface area (Å²) in [6.45, 7) is 2.27. The van der Waals surface area contributed by atoms with Gasteiger partial charge in [0.25, 0.3) is 0 Å². The van der Waals surface area contributed by atoms with Crippen molar-refractivity contribution in [3.8, 4) is 0 Å². The van der Waals surface area contributed by atoms with Crippen molar-refractivity contribution in [2.75, 3.05) is 6.16 Å². The van der Waals surface area contributed by atoms with Crippen LogP contribution in [0.5, 0.6) is 0 Å². The third-order valence-electron chi connectivity index (χ3n) is 2.45. The van der Waals surface area contributed by atoms with Crippen LogP contribution in [0.2, 0.25) is 0 Å². The lowest BCUT2D eigenvalue weighted by atomic mass is 10.4. The molecular weight excluding hydrogens is 215 g/mol. The van der Waals surface area contributed by atoms with E-state index in [1.165, 1.54) is 16.8 Å². The molecule has 16 heavy (non-hydrogen) atoms. The molecule has 0 unspecified atom stereocenters. The predicted molar refractivity (Wildman–Crippen MR) is 73.2 cm³/mol. The van der Waals surface area contributed by atoms with Gasteiger partial charge in [0.05, 0.1) is 0 Å².